The summed E-state index contributed by atoms with van der Waals surface area (Å²) in [5.41, 5.74) is 2.59. The number of hydrogen-bond acceptors (Lipinski definition) is 2. The van der Waals surface area contributed by atoms with Gasteiger partial charge in [0.05, 0.1) is 13.2 Å². The maximum absolute atomic E-state index is 12.8. The number of halogens is 1. The molecule has 0 spiro atoms. The van der Waals surface area contributed by atoms with Crippen molar-refractivity contribution in [2.45, 2.75) is 19.4 Å². The predicted molar refractivity (Wildman–Crippen MR) is 66.9 cm³/mol. The molecule has 0 atom stereocenters. The summed E-state index contributed by atoms with van der Waals surface area (Å²) in [4.78, 5) is 2.69. The average Bonchev–Trinajstić information content (AvgIpc) is 2.74. The Balaban J connectivity index is 1.80. The normalized spacial score (nSPS) is 14.6. The van der Waals surface area contributed by atoms with Crippen LogP contribution in [-0.4, -0.2) is 6.61 Å². The first-order valence-electron chi connectivity index (χ1n) is 5.74. The van der Waals surface area contributed by atoms with E-state index in [1.807, 2.05) is 23.5 Å². The summed E-state index contributed by atoms with van der Waals surface area (Å²) in [6, 6.07) is 9.01. The number of fused-ring (bicyclic) bond motifs is 1. The lowest BCUT2D eigenvalue weighted by molar-refractivity contribution is 0.113. The quantitative estimate of drug-likeness (QED) is 0.789. The van der Waals surface area contributed by atoms with Crippen LogP contribution in [0.4, 0.5) is 4.39 Å². The Morgan fingerprint density at radius 1 is 1.24 bits per heavy atom. The van der Waals surface area contributed by atoms with Crippen molar-refractivity contribution >= 4 is 11.3 Å². The van der Waals surface area contributed by atoms with E-state index in [9.17, 15) is 4.39 Å². The molecule has 0 fully saturated rings. The molecule has 2 heterocycles. The minimum absolute atomic E-state index is 0.173. The van der Waals surface area contributed by atoms with Gasteiger partial charge in [0, 0.05) is 16.2 Å². The smallest absolute Gasteiger partial charge is 0.123 e. The lowest BCUT2D eigenvalue weighted by atomic mass is 10.1. The van der Waals surface area contributed by atoms with Gasteiger partial charge in [0.2, 0.25) is 0 Å². The minimum atomic E-state index is -0.173. The topological polar surface area (TPSA) is 9.23 Å². The molecule has 0 bridgehead atoms. The lowest BCUT2D eigenvalue weighted by Gasteiger charge is -2.10. The standard InChI is InChI=1S/C14H13FOS/c15-12-3-1-10(2-4-12)7-13-8-11-5-6-16-9-14(11)17-13/h1-4,8H,5-7,9H2. The fourth-order valence-corrected chi connectivity index (χ4v) is 3.29. The molecule has 0 saturated heterocycles. The molecule has 1 aliphatic heterocycles. The van der Waals surface area contributed by atoms with Gasteiger partial charge in [-0.05, 0) is 35.7 Å². The molecule has 88 valence electrons. The Bertz CT molecular complexity index is 492. The molecule has 3 heteroatoms. The Kier molecular flexibility index (Phi) is 2.95. The molecule has 0 aliphatic carbocycles. The van der Waals surface area contributed by atoms with E-state index < -0.39 is 0 Å². The van der Waals surface area contributed by atoms with Crippen LogP contribution in [0.2, 0.25) is 0 Å². The lowest BCUT2D eigenvalue weighted by Crippen LogP contribution is -2.05. The molecule has 1 aliphatic rings. The highest BCUT2D eigenvalue weighted by molar-refractivity contribution is 7.12. The van der Waals surface area contributed by atoms with Gasteiger partial charge in [-0.2, -0.15) is 0 Å². The van der Waals surface area contributed by atoms with Gasteiger partial charge in [0.1, 0.15) is 5.82 Å². The molecule has 0 amide bonds. The molecule has 3 rings (SSSR count). The largest absolute Gasteiger partial charge is 0.376 e. The van der Waals surface area contributed by atoms with Gasteiger partial charge >= 0.3 is 0 Å². The first kappa shape index (κ1) is 10.9. The third kappa shape index (κ3) is 2.40. The summed E-state index contributed by atoms with van der Waals surface area (Å²) in [5.74, 6) is -0.173. The van der Waals surface area contributed by atoms with Crippen molar-refractivity contribution in [3.8, 4) is 0 Å². The molecule has 1 aromatic carbocycles. The van der Waals surface area contributed by atoms with Gasteiger partial charge in [-0.3, -0.25) is 0 Å². The SMILES string of the molecule is Fc1ccc(Cc2cc3c(s2)COCC3)cc1. The highest BCUT2D eigenvalue weighted by Gasteiger charge is 2.13. The highest BCUT2D eigenvalue weighted by Crippen LogP contribution is 2.28. The van der Waals surface area contributed by atoms with Crippen LogP contribution in [0, 0.1) is 5.82 Å². The first-order valence-corrected chi connectivity index (χ1v) is 6.55. The zero-order chi connectivity index (χ0) is 11.7. The van der Waals surface area contributed by atoms with Gasteiger partial charge in [-0.1, -0.05) is 12.1 Å². The van der Waals surface area contributed by atoms with Gasteiger partial charge in [-0.15, -0.1) is 11.3 Å². The van der Waals surface area contributed by atoms with Crippen molar-refractivity contribution in [3.63, 3.8) is 0 Å². The molecule has 0 N–H and O–H groups in total. The van der Waals surface area contributed by atoms with Crippen molar-refractivity contribution < 1.29 is 9.13 Å². The van der Waals surface area contributed by atoms with Crippen LogP contribution in [0.5, 0.6) is 0 Å². The molecule has 1 aromatic heterocycles. The highest BCUT2D eigenvalue weighted by atomic mass is 32.1. The van der Waals surface area contributed by atoms with E-state index in [-0.39, 0.29) is 5.82 Å². The third-order valence-corrected chi connectivity index (χ3v) is 4.14. The summed E-state index contributed by atoms with van der Waals surface area (Å²) < 4.78 is 18.2. The van der Waals surface area contributed by atoms with Crippen molar-refractivity contribution in [1.82, 2.24) is 0 Å². The van der Waals surface area contributed by atoms with E-state index in [1.54, 1.807) is 0 Å². The first-order chi connectivity index (χ1) is 8.31. The van der Waals surface area contributed by atoms with E-state index in [4.69, 9.17) is 4.74 Å². The number of thiophene rings is 1. The van der Waals surface area contributed by atoms with E-state index in [2.05, 4.69) is 6.07 Å². The summed E-state index contributed by atoms with van der Waals surface area (Å²) in [6.07, 6.45) is 1.91. The van der Waals surface area contributed by atoms with Crippen LogP contribution >= 0.6 is 11.3 Å². The molecule has 2 aromatic rings. The van der Waals surface area contributed by atoms with Gasteiger partial charge in [0.15, 0.2) is 0 Å². The molecular formula is C14H13FOS. The predicted octanol–water partition coefficient (Wildman–Crippen LogP) is 3.55. The molecule has 0 saturated carbocycles. The van der Waals surface area contributed by atoms with Crippen LogP contribution < -0.4 is 0 Å². The van der Waals surface area contributed by atoms with E-state index >= 15 is 0 Å². The maximum atomic E-state index is 12.8. The molecule has 17 heavy (non-hydrogen) atoms. The Morgan fingerprint density at radius 3 is 2.82 bits per heavy atom. The Labute approximate surface area is 104 Å². The Morgan fingerprint density at radius 2 is 2.06 bits per heavy atom. The van der Waals surface area contributed by atoms with Gasteiger partial charge < -0.3 is 4.74 Å². The Hall–Kier alpha value is -1.19. The summed E-state index contributed by atoms with van der Waals surface area (Å²) >= 11 is 1.82. The van der Waals surface area contributed by atoms with Crippen molar-refractivity contribution in [2.75, 3.05) is 6.61 Å². The zero-order valence-electron chi connectivity index (χ0n) is 9.41. The van der Waals surface area contributed by atoms with Crippen LogP contribution in [0.3, 0.4) is 0 Å². The van der Waals surface area contributed by atoms with Crippen molar-refractivity contribution in [3.05, 3.63) is 57.0 Å². The molecular weight excluding hydrogens is 235 g/mol. The van der Waals surface area contributed by atoms with Crippen molar-refractivity contribution in [1.29, 1.82) is 0 Å². The fraction of sp³-hybridized carbons (Fsp3) is 0.286. The van der Waals surface area contributed by atoms with Crippen molar-refractivity contribution in [2.24, 2.45) is 0 Å². The van der Waals surface area contributed by atoms with Gasteiger partial charge in [-0.25, -0.2) is 4.39 Å². The van der Waals surface area contributed by atoms with E-state index in [0.29, 0.717) is 0 Å². The van der Waals surface area contributed by atoms with Crippen LogP contribution in [0.1, 0.15) is 20.9 Å². The molecule has 0 unspecified atom stereocenters. The average molecular weight is 248 g/mol. The maximum Gasteiger partial charge on any atom is 0.123 e. The van der Waals surface area contributed by atoms with Crippen LogP contribution in [-0.2, 0) is 24.2 Å². The van der Waals surface area contributed by atoms with Gasteiger partial charge in [0.25, 0.3) is 0 Å². The zero-order valence-corrected chi connectivity index (χ0v) is 10.2. The second kappa shape index (κ2) is 4.59. The minimum Gasteiger partial charge on any atom is -0.376 e. The fourth-order valence-electron chi connectivity index (χ4n) is 2.10. The number of benzene rings is 1. The van der Waals surface area contributed by atoms with Crippen LogP contribution in [0.25, 0.3) is 0 Å². The number of hydrogen-bond donors (Lipinski definition) is 0. The monoisotopic (exact) mass is 248 g/mol. The summed E-state index contributed by atoms with van der Waals surface area (Å²) in [7, 11) is 0. The number of rotatable bonds is 2. The third-order valence-electron chi connectivity index (χ3n) is 2.99. The van der Waals surface area contributed by atoms with Crippen LogP contribution in [0.15, 0.2) is 30.3 Å². The second-order valence-electron chi connectivity index (χ2n) is 4.27. The molecule has 1 nitrogen and oxygen atoms in total. The van der Waals surface area contributed by atoms with E-state index in [0.717, 1.165) is 31.6 Å². The summed E-state index contributed by atoms with van der Waals surface area (Å²) in [6.45, 7) is 1.59. The number of ether oxygens (including phenoxy) is 1. The summed E-state index contributed by atoms with van der Waals surface area (Å²) in [5, 5.41) is 0. The second-order valence-corrected chi connectivity index (χ2v) is 5.49. The van der Waals surface area contributed by atoms with E-state index in [1.165, 1.54) is 27.5 Å². The molecule has 0 radical (unpaired) electrons.